The van der Waals surface area contributed by atoms with Crippen molar-refractivity contribution in [3.8, 4) is 5.75 Å². The maximum Gasteiger partial charge on any atom is 0.254 e. The number of hydrogen-bond donors (Lipinski definition) is 0. The molecule has 3 aromatic rings. The van der Waals surface area contributed by atoms with Crippen molar-refractivity contribution in [2.45, 2.75) is 32.2 Å². The topological polar surface area (TPSA) is 60.2 Å². The SMILES string of the molecule is COc1ccc(CN(C)C(=O)c2cc(C3CC3)nc3c2c(C)nn3C)cc1F. The number of hydrogen-bond acceptors (Lipinski definition) is 4. The van der Waals surface area contributed by atoms with E-state index in [1.165, 1.54) is 13.2 Å². The predicted octanol–water partition coefficient (Wildman–Crippen LogP) is 3.57. The number of halogens is 1. The summed E-state index contributed by atoms with van der Waals surface area (Å²) in [7, 11) is 4.99. The summed E-state index contributed by atoms with van der Waals surface area (Å²) in [6.07, 6.45) is 2.20. The number of amides is 1. The molecule has 4 rings (SSSR count). The molecule has 146 valence electrons. The molecule has 0 spiro atoms. The van der Waals surface area contributed by atoms with E-state index in [0.29, 0.717) is 23.6 Å². The van der Waals surface area contributed by atoms with Crippen molar-refractivity contribution in [1.82, 2.24) is 19.7 Å². The molecule has 0 aliphatic heterocycles. The number of benzene rings is 1. The molecule has 1 aliphatic carbocycles. The zero-order chi connectivity index (χ0) is 20.0. The molecular weight excluding hydrogens is 359 g/mol. The first kappa shape index (κ1) is 18.4. The van der Waals surface area contributed by atoms with E-state index in [2.05, 4.69) is 5.10 Å². The average molecular weight is 382 g/mol. The highest BCUT2D eigenvalue weighted by Gasteiger charge is 2.29. The second-order valence-electron chi connectivity index (χ2n) is 7.41. The molecule has 1 aliphatic rings. The number of nitrogens with zero attached hydrogens (tertiary/aromatic N) is 4. The maximum atomic E-state index is 14.0. The van der Waals surface area contributed by atoms with Crippen LogP contribution in [0, 0.1) is 12.7 Å². The molecule has 1 saturated carbocycles. The second-order valence-corrected chi connectivity index (χ2v) is 7.41. The van der Waals surface area contributed by atoms with Crippen LogP contribution in [0.25, 0.3) is 11.0 Å². The summed E-state index contributed by atoms with van der Waals surface area (Å²) in [6.45, 7) is 2.18. The number of ether oxygens (including phenoxy) is 1. The summed E-state index contributed by atoms with van der Waals surface area (Å²) in [6, 6.07) is 6.64. The van der Waals surface area contributed by atoms with Crippen LogP contribution < -0.4 is 4.74 Å². The summed E-state index contributed by atoms with van der Waals surface area (Å²) >= 11 is 0. The zero-order valence-electron chi connectivity index (χ0n) is 16.5. The lowest BCUT2D eigenvalue weighted by Gasteiger charge is -2.19. The average Bonchev–Trinajstić information content (AvgIpc) is 3.47. The quantitative estimate of drug-likeness (QED) is 0.677. The number of aryl methyl sites for hydroxylation is 2. The summed E-state index contributed by atoms with van der Waals surface area (Å²) < 4.78 is 20.7. The third-order valence-corrected chi connectivity index (χ3v) is 5.20. The Labute approximate surface area is 162 Å². The van der Waals surface area contributed by atoms with Gasteiger partial charge in [0.1, 0.15) is 0 Å². The first-order valence-electron chi connectivity index (χ1n) is 9.31. The van der Waals surface area contributed by atoms with Gasteiger partial charge < -0.3 is 9.64 Å². The van der Waals surface area contributed by atoms with Gasteiger partial charge in [0, 0.05) is 32.3 Å². The molecule has 0 radical (unpaired) electrons. The number of fused-ring (bicyclic) bond motifs is 1. The molecule has 2 heterocycles. The van der Waals surface area contributed by atoms with Crippen LogP contribution in [0.1, 0.15) is 46.1 Å². The third kappa shape index (κ3) is 3.21. The van der Waals surface area contributed by atoms with Crippen LogP contribution >= 0.6 is 0 Å². The minimum atomic E-state index is -0.439. The van der Waals surface area contributed by atoms with Gasteiger partial charge in [-0.1, -0.05) is 6.07 Å². The van der Waals surface area contributed by atoms with Crippen LogP contribution in [0.3, 0.4) is 0 Å². The molecule has 2 aromatic heterocycles. The molecule has 28 heavy (non-hydrogen) atoms. The van der Waals surface area contributed by atoms with Crippen LogP contribution in [0.5, 0.6) is 5.75 Å². The Kier molecular flexibility index (Phi) is 4.53. The summed E-state index contributed by atoms with van der Waals surface area (Å²) in [5, 5.41) is 5.23. The Morgan fingerprint density at radius 2 is 2.11 bits per heavy atom. The minimum absolute atomic E-state index is 0.123. The number of carbonyl (C=O) groups is 1. The van der Waals surface area contributed by atoms with Crippen molar-refractivity contribution in [3.63, 3.8) is 0 Å². The maximum absolute atomic E-state index is 14.0. The van der Waals surface area contributed by atoms with E-state index in [-0.39, 0.29) is 11.7 Å². The van der Waals surface area contributed by atoms with E-state index in [9.17, 15) is 9.18 Å². The van der Waals surface area contributed by atoms with Crippen molar-refractivity contribution >= 4 is 16.9 Å². The molecule has 6 nitrogen and oxygen atoms in total. The number of rotatable bonds is 5. The summed E-state index contributed by atoms with van der Waals surface area (Å²) in [4.78, 5) is 19.6. The van der Waals surface area contributed by atoms with E-state index in [1.807, 2.05) is 20.0 Å². The van der Waals surface area contributed by atoms with E-state index in [4.69, 9.17) is 9.72 Å². The molecule has 0 unspecified atom stereocenters. The molecular formula is C21H23FN4O2. The normalized spacial score (nSPS) is 13.8. The molecule has 0 atom stereocenters. The van der Waals surface area contributed by atoms with Gasteiger partial charge in [0.25, 0.3) is 5.91 Å². The highest BCUT2D eigenvalue weighted by molar-refractivity contribution is 6.06. The van der Waals surface area contributed by atoms with Crippen molar-refractivity contribution in [3.05, 3.63) is 52.6 Å². The van der Waals surface area contributed by atoms with Crippen molar-refractivity contribution in [1.29, 1.82) is 0 Å². The molecule has 1 fully saturated rings. The van der Waals surface area contributed by atoms with Gasteiger partial charge in [-0.05, 0) is 43.5 Å². The Morgan fingerprint density at radius 3 is 2.75 bits per heavy atom. The standard InChI is InChI=1S/C21H23FN4O2/c1-12-19-15(10-17(14-6-7-14)23-20(19)26(3)24-12)21(27)25(2)11-13-5-8-18(28-4)16(22)9-13/h5,8-10,14H,6-7,11H2,1-4H3. The fourth-order valence-corrected chi connectivity index (χ4v) is 3.58. The van der Waals surface area contributed by atoms with Crippen LogP contribution in [-0.2, 0) is 13.6 Å². The lowest BCUT2D eigenvalue weighted by Crippen LogP contribution is -2.26. The fraction of sp³-hybridized carbons (Fsp3) is 0.381. The van der Waals surface area contributed by atoms with Crippen molar-refractivity contribution < 1.29 is 13.9 Å². The lowest BCUT2D eigenvalue weighted by atomic mass is 10.1. The van der Waals surface area contributed by atoms with Crippen LogP contribution in [0.4, 0.5) is 4.39 Å². The first-order valence-corrected chi connectivity index (χ1v) is 9.31. The molecule has 0 saturated heterocycles. The third-order valence-electron chi connectivity index (χ3n) is 5.20. The predicted molar refractivity (Wildman–Crippen MR) is 104 cm³/mol. The van der Waals surface area contributed by atoms with Crippen molar-refractivity contribution in [2.75, 3.05) is 14.2 Å². The van der Waals surface area contributed by atoms with E-state index in [0.717, 1.165) is 35.3 Å². The van der Waals surface area contributed by atoms with Gasteiger partial charge in [0.2, 0.25) is 0 Å². The number of carbonyl (C=O) groups excluding carboxylic acids is 1. The molecule has 1 aromatic carbocycles. The molecule has 7 heteroatoms. The Bertz CT molecular complexity index is 1070. The van der Waals surface area contributed by atoms with Crippen LogP contribution in [-0.4, -0.2) is 39.7 Å². The minimum Gasteiger partial charge on any atom is -0.494 e. The van der Waals surface area contributed by atoms with Gasteiger partial charge in [0.15, 0.2) is 17.2 Å². The van der Waals surface area contributed by atoms with E-state index in [1.54, 1.807) is 28.8 Å². The highest BCUT2D eigenvalue weighted by Crippen LogP contribution is 2.40. The zero-order valence-corrected chi connectivity index (χ0v) is 16.5. The van der Waals surface area contributed by atoms with Gasteiger partial charge in [-0.25, -0.2) is 9.37 Å². The number of aromatic nitrogens is 3. The lowest BCUT2D eigenvalue weighted by molar-refractivity contribution is 0.0786. The summed E-state index contributed by atoms with van der Waals surface area (Å²) in [5.74, 6) is 0.0497. The second kappa shape index (κ2) is 6.89. The van der Waals surface area contributed by atoms with Gasteiger partial charge >= 0.3 is 0 Å². The first-order chi connectivity index (χ1) is 13.4. The van der Waals surface area contributed by atoms with Crippen LogP contribution in [0.2, 0.25) is 0 Å². The fourth-order valence-electron chi connectivity index (χ4n) is 3.58. The van der Waals surface area contributed by atoms with Crippen molar-refractivity contribution in [2.24, 2.45) is 7.05 Å². The van der Waals surface area contributed by atoms with E-state index >= 15 is 0 Å². The Morgan fingerprint density at radius 1 is 1.36 bits per heavy atom. The molecule has 0 bridgehead atoms. The molecule has 1 amide bonds. The Hall–Kier alpha value is -2.96. The van der Waals surface area contributed by atoms with Gasteiger partial charge in [0.05, 0.1) is 23.8 Å². The Balaban J connectivity index is 1.68. The largest absolute Gasteiger partial charge is 0.494 e. The van der Waals surface area contributed by atoms with Crippen LogP contribution in [0.15, 0.2) is 24.3 Å². The van der Waals surface area contributed by atoms with E-state index < -0.39 is 5.82 Å². The highest BCUT2D eigenvalue weighted by atomic mass is 19.1. The van der Waals surface area contributed by atoms with Gasteiger partial charge in [-0.3, -0.25) is 9.48 Å². The number of methoxy groups -OCH3 is 1. The van der Waals surface area contributed by atoms with Gasteiger partial charge in [-0.15, -0.1) is 0 Å². The smallest absolute Gasteiger partial charge is 0.254 e. The van der Waals surface area contributed by atoms with Gasteiger partial charge in [-0.2, -0.15) is 5.10 Å². The molecule has 0 N–H and O–H groups in total. The summed E-state index contributed by atoms with van der Waals surface area (Å²) in [5.41, 5.74) is 3.76. The monoisotopic (exact) mass is 382 g/mol. The number of pyridine rings is 1.